The third kappa shape index (κ3) is 9.33. The van der Waals surface area contributed by atoms with Crippen molar-refractivity contribution >= 4 is 23.5 Å². The number of rotatable bonds is 13. The van der Waals surface area contributed by atoms with Crippen LogP contribution >= 0.6 is 23.5 Å². The van der Waals surface area contributed by atoms with Crippen molar-refractivity contribution in [3.63, 3.8) is 0 Å². The molecule has 2 rings (SSSR count). The largest absolute Gasteiger partial charge is 0.490 e. The van der Waals surface area contributed by atoms with Crippen molar-refractivity contribution in [1.82, 2.24) is 9.55 Å². The van der Waals surface area contributed by atoms with Gasteiger partial charge in [0.2, 0.25) is 0 Å². The monoisotopic (exact) mass is 585 g/mol. The van der Waals surface area contributed by atoms with Crippen LogP contribution in [0, 0.1) is 0 Å². The molecule has 1 aliphatic heterocycles. The Bertz CT molecular complexity index is 1160. The van der Waals surface area contributed by atoms with E-state index in [1.165, 1.54) is 0 Å². The van der Waals surface area contributed by atoms with E-state index in [4.69, 9.17) is 25.2 Å². The van der Waals surface area contributed by atoms with Gasteiger partial charge in [0.25, 0.3) is 5.56 Å². The third-order valence-electron chi connectivity index (χ3n) is 4.78. The van der Waals surface area contributed by atoms with E-state index in [0.717, 1.165) is 10.8 Å². The summed E-state index contributed by atoms with van der Waals surface area (Å²) in [6, 6.07) is 0. The van der Waals surface area contributed by atoms with E-state index >= 15 is 0 Å². The second-order valence-electron chi connectivity index (χ2n) is 7.55. The van der Waals surface area contributed by atoms with Crippen molar-refractivity contribution in [3.8, 4) is 0 Å². The Morgan fingerprint density at radius 3 is 2.33 bits per heavy atom. The Morgan fingerprint density at radius 2 is 1.75 bits per heavy atom. The van der Waals surface area contributed by atoms with Crippen molar-refractivity contribution in [2.24, 2.45) is 5.73 Å². The van der Waals surface area contributed by atoms with Gasteiger partial charge in [-0.2, -0.15) is 8.62 Å². The number of nitrogens with zero attached hydrogens (tertiary/aromatic N) is 1. The summed E-state index contributed by atoms with van der Waals surface area (Å²) in [5.74, 6) is 0. The summed E-state index contributed by atoms with van der Waals surface area (Å²) in [4.78, 5) is 62.0. The molecule has 22 heteroatoms. The second kappa shape index (κ2) is 12.2. The van der Waals surface area contributed by atoms with Gasteiger partial charge >= 0.3 is 29.2 Å². The van der Waals surface area contributed by atoms with E-state index in [0.29, 0.717) is 0 Å². The highest BCUT2D eigenvalue weighted by molar-refractivity contribution is 7.66. The molecule has 2 heterocycles. The van der Waals surface area contributed by atoms with Gasteiger partial charge < -0.3 is 49.9 Å². The number of aryl methyl sites for hydroxylation is 1. The predicted octanol–water partition coefficient (Wildman–Crippen LogP) is -2.86. The Morgan fingerprint density at radius 1 is 1.11 bits per heavy atom. The highest BCUT2D eigenvalue weighted by atomic mass is 31.3. The van der Waals surface area contributed by atoms with Gasteiger partial charge in [0.05, 0.1) is 36.6 Å². The van der Waals surface area contributed by atoms with Crippen LogP contribution in [-0.2, 0) is 38.1 Å². The second-order valence-corrected chi connectivity index (χ2v) is 12.0. The van der Waals surface area contributed by atoms with Crippen LogP contribution < -0.4 is 17.0 Å². The molecule has 1 aromatic rings. The van der Waals surface area contributed by atoms with Gasteiger partial charge in [-0.05, 0) is 6.42 Å². The van der Waals surface area contributed by atoms with Gasteiger partial charge in [0.15, 0.2) is 0 Å². The molecular formula is C14H26N3O16P3. The maximum absolute atomic E-state index is 12.3. The summed E-state index contributed by atoms with van der Waals surface area (Å²) < 4.78 is 51.8. The quantitative estimate of drug-likeness (QED) is 0.105. The average Bonchev–Trinajstić information content (AvgIpc) is 3.08. The van der Waals surface area contributed by atoms with E-state index in [2.05, 4.69) is 13.1 Å². The molecule has 1 saturated heterocycles. The lowest BCUT2D eigenvalue weighted by Gasteiger charge is -2.19. The molecule has 1 fully saturated rings. The molecule has 7 atom stereocenters. The summed E-state index contributed by atoms with van der Waals surface area (Å²) in [6.45, 7) is -1.30. The van der Waals surface area contributed by atoms with Crippen LogP contribution in [0.1, 0.15) is 24.5 Å². The number of aliphatic hydroxyl groups is 3. The molecular weight excluding hydrogens is 559 g/mol. The standard InChI is InChI=1S/C14H26N3O16P3/c15-4-10(20)8(18)1-2-17-5-7(13(21)16-14(17)22)11-3-9(19)12(31-11)6-30-35(26,27)33-36(28,29)32-34(23,24)25/h5,8-12,18-20H,1-4,6,15H2,(H,26,27)(H,28,29)(H,16,21,22)(H2,23,24,25)/t8?,9-,10?,11+,12+/m0/s1. The lowest BCUT2D eigenvalue weighted by atomic mass is 10.1. The van der Waals surface area contributed by atoms with Crippen LogP contribution in [0.3, 0.4) is 0 Å². The van der Waals surface area contributed by atoms with Gasteiger partial charge in [0.1, 0.15) is 6.10 Å². The zero-order valence-corrected chi connectivity index (χ0v) is 20.9. The molecule has 19 nitrogen and oxygen atoms in total. The zero-order chi connectivity index (χ0) is 27.5. The molecule has 4 unspecified atom stereocenters. The fraction of sp³-hybridized carbons (Fsp3) is 0.714. The molecule has 0 bridgehead atoms. The molecule has 208 valence electrons. The van der Waals surface area contributed by atoms with Crippen molar-refractivity contribution in [3.05, 3.63) is 32.6 Å². The van der Waals surface area contributed by atoms with Gasteiger partial charge in [0, 0.05) is 25.7 Å². The normalized spacial score (nSPS) is 25.7. The lowest BCUT2D eigenvalue weighted by molar-refractivity contribution is -0.0226. The highest BCUT2D eigenvalue weighted by Crippen LogP contribution is 2.66. The van der Waals surface area contributed by atoms with Gasteiger partial charge in [-0.15, -0.1) is 0 Å². The Labute approximate surface area is 201 Å². The number of nitrogens with two attached hydrogens (primary N) is 1. The number of ether oxygens (including phenoxy) is 1. The zero-order valence-electron chi connectivity index (χ0n) is 18.2. The third-order valence-corrected chi connectivity index (χ3v) is 8.58. The first kappa shape index (κ1) is 31.1. The minimum absolute atomic E-state index is 0.0966. The Balaban J connectivity index is 2.06. The smallest absolute Gasteiger partial charge is 0.390 e. The first-order valence-corrected chi connectivity index (χ1v) is 14.5. The highest BCUT2D eigenvalue weighted by Gasteiger charge is 2.43. The van der Waals surface area contributed by atoms with Crippen molar-refractivity contribution in [2.75, 3.05) is 13.2 Å². The van der Waals surface area contributed by atoms with Crippen molar-refractivity contribution in [2.45, 2.75) is 49.9 Å². The number of nitrogens with one attached hydrogen (secondary N) is 1. The first-order chi connectivity index (χ1) is 16.4. The number of aliphatic hydroxyl groups excluding tert-OH is 3. The molecule has 0 radical (unpaired) electrons. The van der Waals surface area contributed by atoms with Gasteiger partial charge in [-0.3, -0.25) is 14.3 Å². The maximum atomic E-state index is 12.3. The topological polar surface area (TPSA) is 311 Å². The van der Waals surface area contributed by atoms with E-state index in [1.807, 2.05) is 4.98 Å². The maximum Gasteiger partial charge on any atom is 0.490 e. The molecule has 10 N–H and O–H groups in total. The number of hydrogen-bond donors (Lipinski definition) is 9. The summed E-state index contributed by atoms with van der Waals surface area (Å²) in [6.07, 6.45) is -5.66. The number of aromatic nitrogens is 2. The average molecular weight is 585 g/mol. The van der Waals surface area contributed by atoms with E-state index in [9.17, 15) is 43.5 Å². The molecule has 1 aliphatic rings. The van der Waals surface area contributed by atoms with Crippen LogP contribution in [0.25, 0.3) is 0 Å². The van der Waals surface area contributed by atoms with Crippen LogP contribution in [-0.4, -0.2) is 82.0 Å². The van der Waals surface area contributed by atoms with E-state index in [1.54, 1.807) is 0 Å². The SMILES string of the molecule is NCC(O)C(O)CCn1cc([C@H]2C[C@H](O)[C@@H](COP(=O)(O)OP(=O)(O)OP(=O)(O)O)O2)c(=O)[nH]c1=O. The molecule has 0 aromatic carbocycles. The van der Waals surface area contributed by atoms with Gasteiger partial charge in [-0.25, -0.2) is 18.5 Å². The molecule has 1 aromatic heterocycles. The number of phosphoric ester groups is 1. The fourth-order valence-corrected chi connectivity index (χ4v) is 6.12. The minimum atomic E-state index is -5.73. The van der Waals surface area contributed by atoms with Crippen molar-refractivity contribution < 1.29 is 66.5 Å². The van der Waals surface area contributed by atoms with Crippen LogP contribution in [0.2, 0.25) is 0 Å². The van der Waals surface area contributed by atoms with E-state index in [-0.39, 0.29) is 31.5 Å². The number of hydrogen-bond acceptors (Lipinski definition) is 13. The van der Waals surface area contributed by atoms with Crippen LogP contribution in [0.5, 0.6) is 0 Å². The van der Waals surface area contributed by atoms with Gasteiger partial charge in [-0.1, -0.05) is 0 Å². The number of H-pyrrole nitrogens is 1. The first-order valence-electron chi connectivity index (χ1n) is 9.95. The molecule has 0 aliphatic carbocycles. The molecule has 36 heavy (non-hydrogen) atoms. The molecule has 0 saturated carbocycles. The van der Waals surface area contributed by atoms with E-state index < -0.39 is 71.8 Å². The number of aromatic amines is 1. The summed E-state index contributed by atoms with van der Waals surface area (Å²) >= 11 is 0. The number of phosphoric acid groups is 3. The van der Waals surface area contributed by atoms with Crippen LogP contribution in [0.4, 0.5) is 0 Å². The summed E-state index contributed by atoms with van der Waals surface area (Å²) in [7, 11) is -16.8. The fourth-order valence-electron chi connectivity index (χ4n) is 3.09. The molecule has 0 amide bonds. The Hall–Kier alpha value is -1.11. The Kier molecular flexibility index (Phi) is 10.5. The van der Waals surface area contributed by atoms with Crippen LogP contribution in [0.15, 0.2) is 15.8 Å². The minimum Gasteiger partial charge on any atom is -0.390 e. The predicted molar refractivity (Wildman–Crippen MR) is 115 cm³/mol. The summed E-state index contributed by atoms with van der Waals surface area (Å²) in [5.41, 5.74) is 3.41. The summed E-state index contributed by atoms with van der Waals surface area (Å²) in [5, 5.41) is 29.5. The molecule has 0 spiro atoms. The van der Waals surface area contributed by atoms with Crippen molar-refractivity contribution in [1.29, 1.82) is 0 Å². The lowest BCUT2D eigenvalue weighted by Crippen LogP contribution is -2.37.